The van der Waals surface area contributed by atoms with Gasteiger partial charge < -0.3 is 20.5 Å². The molecular weight excluding hydrogens is 452 g/mol. The molecule has 2 aliphatic rings. The number of carbonyl (C=O) groups is 2. The van der Waals surface area contributed by atoms with Crippen molar-refractivity contribution < 1.29 is 9.59 Å². The van der Waals surface area contributed by atoms with Gasteiger partial charge in [-0.1, -0.05) is 37.5 Å². The lowest BCUT2D eigenvalue weighted by Crippen LogP contribution is -2.55. The Morgan fingerprint density at radius 1 is 1.08 bits per heavy atom. The molecule has 3 N–H and O–H groups in total. The Morgan fingerprint density at radius 2 is 1.89 bits per heavy atom. The summed E-state index contributed by atoms with van der Waals surface area (Å²) in [5, 5.41) is 7.21. The number of likely N-dealkylation sites (N-methyl/N-ethyl adjacent to an activating group) is 1. The van der Waals surface area contributed by atoms with Crippen molar-refractivity contribution in [3.8, 4) is 11.3 Å². The number of nitrogens with zero attached hydrogens (tertiary/aromatic N) is 3. The molecule has 8 heteroatoms. The van der Waals surface area contributed by atoms with Crippen LogP contribution in [0.25, 0.3) is 22.2 Å². The van der Waals surface area contributed by atoms with Crippen LogP contribution < -0.4 is 10.6 Å². The van der Waals surface area contributed by atoms with Crippen LogP contribution in [0.1, 0.15) is 63.6 Å². The maximum absolute atomic E-state index is 14.0. The van der Waals surface area contributed by atoms with Crippen LogP contribution in [-0.4, -0.2) is 57.3 Å². The number of H-pyrrole nitrogens is 1. The fourth-order valence-electron chi connectivity index (χ4n) is 5.76. The lowest BCUT2D eigenvalue weighted by molar-refractivity contribution is -0.139. The van der Waals surface area contributed by atoms with Gasteiger partial charge in [0, 0.05) is 29.2 Å². The summed E-state index contributed by atoms with van der Waals surface area (Å²) in [6.45, 7) is 2.50. The molecule has 1 aromatic carbocycles. The molecule has 1 saturated heterocycles. The second-order valence-corrected chi connectivity index (χ2v) is 10.2. The number of benzene rings is 1. The minimum Gasteiger partial charge on any atom is -0.360 e. The van der Waals surface area contributed by atoms with Crippen LogP contribution in [0.4, 0.5) is 0 Å². The van der Waals surface area contributed by atoms with E-state index in [1.54, 1.807) is 13.4 Å². The van der Waals surface area contributed by atoms with Gasteiger partial charge in [0.25, 0.3) is 0 Å². The minimum absolute atomic E-state index is 0.0216. The van der Waals surface area contributed by atoms with Crippen LogP contribution in [0, 0.1) is 5.92 Å². The predicted octanol–water partition coefficient (Wildman–Crippen LogP) is 3.96. The SMILES string of the molecule is CNC(C)C(=O)NC(C(=O)N1CCCC1c1cc(-c2c[nH]c3ccccc23)ncn1)C1CCCCC1. The van der Waals surface area contributed by atoms with Gasteiger partial charge in [0.15, 0.2) is 0 Å². The van der Waals surface area contributed by atoms with Crippen molar-refractivity contribution in [1.82, 2.24) is 30.5 Å². The van der Waals surface area contributed by atoms with Crippen molar-refractivity contribution >= 4 is 22.7 Å². The molecule has 0 bridgehead atoms. The Kier molecular flexibility index (Phi) is 7.32. The molecule has 1 aliphatic carbocycles. The van der Waals surface area contributed by atoms with Gasteiger partial charge in [0.1, 0.15) is 12.4 Å². The molecule has 1 saturated carbocycles. The first-order valence-corrected chi connectivity index (χ1v) is 13.2. The first kappa shape index (κ1) is 24.4. The number of likely N-dealkylation sites (tertiary alicyclic amines) is 1. The molecule has 2 fully saturated rings. The zero-order valence-corrected chi connectivity index (χ0v) is 21.2. The third-order valence-electron chi connectivity index (χ3n) is 7.94. The van der Waals surface area contributed by atoms with Crippen molar-refractivity contribution in [2.75, 3.05) is 13.6 Å². The maximum atomic E-state index is 14.0. The summed E-state index contributed by atoms with van der Waals surface area (Å²) in [5.41, 5.74) is 3.79. The summed E-state index contributed by atoms with van der Waals surface area (Å²) in [6.07, 6.45) is 10.7. The Labute approximate surface area is 212 Å². The van der Waals surface area contributed by atoms with E-state index in [1.807, 2.05) is 42.3 Å². The van der Waals surface area contributed by atoms with Gasteiger partial charge in [0.05, 0.1) is 23.5 Å². The average molecular weight is 489 g/mol. The van der Waals surface area contributed by atoms with Gasteiger partial charge in [-0.15, -0.1) is 0 Å². The van der Waals surface area contributed by atoms with Crippen LogP contribution in [0.15, 0.2) is 42.9 Å². The topological polar surface area (TPSA) is 103 Å². The fraction of sp³-hybridized carbons (Fsp3) is 0.500. The van der Waals surface area contributed by atoms with E-state index < -0.39 is 6.04 Å². The van der Waals surface area contributed by atoms with E-state index in [2.05, 4.69) is 31.7 Å². The highest BCUT2D eigenvalue weighted by Gasteiger charge is 2.39. The van der Waals surface area contributed by atoms with Crippen LogP contribution in [0.5, 0.6) is 0 Å². The van der Waals surface area contributed by atoms with E-state index >= 15 is 0 Å². The highest BCUT2D eigenvalue weighted by molar-refractivity contribution is 5.94. The first-order valence-electron chi connectivity index (χ1n) is 13.2. The minimum atomic E-state index is -0.496. The molecule has 3 heterocycles. The molecule has 36 heavy (non-hydrogen) atoms. The van der Waals surface area contributed by atoms with Crippen molar-refractivity contribution in [3.63, 3.8) is 0 Å². The molecule has 3 aromatic rings. The maximum Gasteiger partial charge on any atom is 0.246 e. The smallest absolute Gasteiger partial charge is 0.246 e. The second kappa shape index (κ2) is 10.8. The molecule has 0 radical (unpaired) electrons. The number of hydrogen-bond acceptors (Lipinski definition) is 5. The zero-order chi connectivity index (χ0) is 25.1. The largest absolute Gasteiger partial charge is 0.360 e. The van der Waals surface area contributed by atoms with Gasteiger partial charge in [-0.05, 0) is 57.7 Å². The van der Waals surface area contributed by atoms with E-state index in [-0.39, 0.29) is 29.8 Å². The van der Waals surface area contributed by atoms with Crippen molar-refractivity contribution in [2.24, 2.45) is 5.92 Å². The molecule has 8 nitrogen and oxygen atoms in total. The van der Waals surface area contributed by atoms with Gasteiger partial charge in [0.2, 0.25) is 11.8 Å². The van der Waals surface area contributed by atoms with Crippen LogP contribution in [-0.2, 0) is 9.59 Å². The number of nitrogens with one attached hydrogen (secondary N) is 3. The average Bonchev–Trinajstić information content (AvgIpc) is 3.59. The number of hydrogen-bond donors (Lipinski definition) is 3. The van der Waals surface area contributed by atoms with Gasteiger partial charge in [-0.3, -0.25) is 9.59 Å². The van der Waals surface area contributed by atoms with Crippen LogP contribution in [0.2, 0.25) is 0 Å². The van der Waals surface area contributed by atoms with Crippen molar-refractivity contribution in [1.29, 1.82) is 0 Å². The van der Waals surface area contributed by atoms with Crippen molar-refractivity contribution in [3.05, 3.63) is 48.5 Å². The number of rotatable bonds is 7. The Hall–Kier alpha value is -3.26. The lowest BCUT2D eigenvalue weighted by Gasteiger charge is -2.35. The summed E-state index contributed by atoms with van der Waals surface area (Å²) in [5.74, 6) is 0.0711. The van der Waals surface area contributed by atoms with Gasteiger partial charge in [-0.2, -0.15) is 0 Å². The highest BCUT2D eigenvalue weighted by Crippen LogP contribution is 2.36. The van der Waals surface area contributed by atoms with Crippen LogP contribution in [0.3, 0.4) is 0 Å². The number of amides is 2. The number of aromatic nitrogens is 3. The summed E-state index contributed by atoms with van der Waals surface area (Å²) in [4.78, 5) is 41.2. The summed E-state index contributed by atoms with van der Waals surface area (Å²) in [6, 6.07) is 9.22. The van der Waals surface area contributed by atoms with E-state index in [1.165, 1.54) is 6.42 Å². The number of fused-ring (bicyclic) bond motifs is 1. The summed E-state index contributed by atoms with van der Waals surface area (Å²) >= 11 is 0. The number of para-hydroxylation sites is 1. The van der Waals surface area contributed by atoms with E-state index in [0.29, 0.717) is 6.54 Å². The Bertz CT molecular complexity index is 1220. The highest BCUT2D eigenvalue weighted by atomic mass is 16.2. The quantitative estimate of drug-likeness (QED) is 0.467. The Balaban J connectivity index is 1.41. The fourth-order valence-corrected chi connectivity index (χ4v) is 5.76. The summed E-state index contributed by atoms with van der Waals surface area (Å²) in [7, 11) is 1.76. The monoisotopic (exact) mass is 488 g/mol. The third kappa shape index (κ3) is 4.87. The molecule has 0 spiro atoms. The zero-order valence-electron chi connectivity index (χ0n) is 21.2. The normalized spacial score (nSPS) is 20.4. The van der Waals surface area contributed by atoms with E-state index in [9.17, 15) is 9.59 Å². The first-order chi connectivity index (χ1) is 17.6. The predicted molar refractivity (Wildman–Crippen MR) is 140 cm³/mol. The van der Waals surface area contributed by atoms with Crippen LogP contribution >= 0.6 is 0 Å². The van der Waals surface area contributed by atoms with Crippen molar-refractivity contribution in [2.45, 2.75) is 70.0 Å². The molecule has 5 rings (SSSR count). The molecule has 2 aromatic heterocycles. The third-order valence-corrected chi connectivity index (χ3v) is 7.94. The number of aromatic amines is 1. The Morgan fingerprint density at radius 3 is 2.69 bits per heavy atom. The molecule has 3 unspecified atom stereocenters. The standard InChI is InChI=1S/C28H36N6O2/c1-18(29-2)27(35)33-26(19-9-4-3-5-10-19)28(36)34-14-8-13-25(34)24-15-23(31-17-32-24)21-16-30-22-12-7-6-11-20(21)22/h6-7,11-12,15-19,25-26,29-30H,3-5,8-10,13-14H2,1-2H3,(H,33,35). The van der Waals surface area contributed by atoms with E-state index in [4.69, 9.17) is 0 Å². The van der Waals surface area contributed by atoms with E-state index in [0.717, 1.165) is 66.4 Å². The molecule has 190 valence electrons. The molecular formula is C28H36N6O2. The molecule has 3 atom stereocenters. The number of carbonyl (C=O) groups excluding carboxylic acids is 2. The lowest BCUT2D eigenvalue weighted by atomic mass is 9.83. The molecule has 1 aliphatic heterocycles. The molecule has 2 amide bonds. The van der Waals surface area contributed by atoms with Gasteiger partial charge in [-0.25, -0.2) is 9.97 Å². The second-order valence-electron chi connectivity index (χ2n) is 10.2. The van der Waals surface area contributed by atoms with Gasteiger partial charge >= 0.3 is 0 Å². The summed E-state index contributed by atoms with van der Waals surface area (Å²) < 4.78 is 0.